The number of benzene rings is 1. The third-order valence-corrected chi connectivity index (χ3v) is 2.64. The lowest BCUT2D eigenvalue weighted by Crippen LogP contribution is -1.86. The Hall–Kier alpha value is -1.15. The molecule has 0 saturated carbocycles. The summed E-state index contributed by atoms with van der Waals surface area (Å²) in [6.07, 6.45) is 4.23. The van der Waals surface area contributed by atoms with Crippen LogP contribution in [0.1, 0.15) is 11.3 Å². The van der Waals surface area contributed by atoms with E-state index in [1.165, 1.54) is 10.9 Å². The number of halogens is 1. The molecule has 0 amide bonds. The minimum atomic E-state index is 0.878. The predicted octanol–water partition coefficient (Wildman–Crippen LogP) is 3.95. The number of nitrogens with zero attached hydrogens (tertiary/aromatic N) is 1. The van der Waals surface area contributed by atoms with Gasteiger partial charge >= 0.3 is 0 Å². The fraction of sp³-hybridized carbons (Fsp3) is 0.154. The van der Waals surface area contributed by atoms with E-state index in [9.17, 15) is 0 Å². The van der Waals surface area contributed by atoms with Crippen molar-refractivity contribution in [2.45, 2.75) is 6.92 Å². The molecule has 2 rings (SSSR count). The van der Waals surface area contributed by atoms with E-state index in [4.69, 9.17) is 0 Å². The Balaban J connectivity index is 2.65. The molecular formula is C13H12BrN. The number of fused-ring (bicyclic) bond motifs is 1. The average molecular weight is 262 g/mol. The van der Waals surface area contributed by atoms with Crippen LogP contribution in [0.2, 0.25) is 0 Å². The normalized spacial score (nSPS) is 11.3. The van der Waals surface area contributed by atoms with E-state index >= 15 is 0 Å². The van der Waals surface area contributed by atoms with Crippen molar-refractivity contribution in [1.29, 1.82) is 0 Å². The van der Waals surface area contributed by atoms with Gasteiger partial charge in [0, 0.05) is 16.4 Å². The van der Waals surface area contributed by atoms with Gasteiger partial charge in [0.2, 0.25) is 0 Å². The van der Waals surface area contributed by atoms with Crippen LogP contribution in [-0.4, -0.2) is 10.3 Å². The Kier molecular flexibility index (Phi) is 3.17. The van der Waals surface area contributed by atoms with Crippen LogP contribution in [0.5, 0.6) is 0 Å². The summed E-state index contributed by atoms with van der Waals surface area (Å²) in [5.74, 6) is 0. The average Bonchev–Trinajstić information content (AvgIpc) is 2.25. The molecule has 2 heteroatoms. The van der Waals surface area contributed by atoms with E-state index in [1.54, 1.807) is 0 Å². The summed E-state index contributed by atoms with van der Waals surface area (Å²) in [5.41, 5.74) is 3.35. The first-order chi connectivity index (χ1) is 7.31. The molecule has 0 N–H and O–H groups in total. The van der Waals surface area contributed by atoms with Gasteiger partial charge in [-0.3, -0.25) is 4.98 Å². The lowest BCUT2D eigenvalue weighted by atomic mass is 10.1. The minimum Gasteiger partial charge on any atom is -0.253 e. The quantitative estimate of drug-likeness (QED) is 0.747. The highest BCUT2D eigenvalue weighted by Gasteiger charge is 1.99. The van der Waals surface area contributed by atoms with Crippen molar-refractivity contribution in [2.24, 2.45) is 0 Å². The molecule has 0 atom stereocenters. The first-order valence-corrected chi connectivity index (χ1v) is 6.02. The van der Waals surface area contributed by atoms with E-state index in [-0.39, 0.29) is 0 Å². The number of pyridine rings is 1. The molecule has 0 spiro atoms. The SMILES string of the molecule is Cc1cc(C=CCBr)c2ccccc2n1. The monoisotopic (exact) mass is 261 g/mol. The summed E-state index contributed by atoms with van der Waals surface area (Å²) < 4.78 is 0. The number of hydrogen-bond acceptors (Lipinski definition) is 1. The van der Waals surface area contributed by atoms with Crippen LogP contribution in [0, 0.1) is 6.92 Å². The molecule has 0 fully saturated rings. The molecule has 1 aromatic heterocycles. The van der Waals surface area contributed by atoms with Gasteiger partial charge in [-0.25, -0.2) is 0 Å². The van der Waals surface area contributed by atoms with Gasteiger partial charge in [0.25, 0.3) is 0 Å². The number of allylic oxidation sites excluding steroid dienone is 1. The second-order valence-electron chi connectivity index (χ2n) is 3.43. The van der Waals surface area contributed by atoms with Gasteiger partial charge in [-0.2, -0.15) is 0 Å². The third-order valence-electron chi connectivity index (χ3n) is 2.26. The maximum atomic E-state index is 4.50. The molecule has 0 aliphatic carbocycles. The number of hydrogen-bond donors (Lipinski definition) is 0. The summed E-state index contributed by atoms with van der Waals surface area (Å²) in [4.78, 5) is 4.50. The van der Waals surface area contributed by atoms with Crippen molar-refractivity contribution in [3.8, 4) is 0 Å². The third kappa shape index (κ3) is 2.26. The van der Waals surface area contributed by atoms with Gasteiger partial charge in [0.05, 0.1) is 5.52 Å². The van der Waals surface area contributed by atoms with Gasteiger partial charge < -0.3 is 0 Å². The first-order valence-electron chi connectivity index (χ1n) is 4.90. The van der Waals surface area contributed by atoms with Crippen molar-refractivity contribution < 1.29 is 0 Å². The van der Waals surface area contributed by atoms with Crippen LogP contribution in [0.4, 0.5) is 0 Å². The highest BCUT2D eigenvalue weighted by atomic mass is 79.9. The smallest absolute Gasteiger partial charge is 0.0711 e. The molecule has 0 radical (unpaired) electrons. The van der Waals surface area contributed by atoms with Crippen molar-refractivity contribution in [2.75, 3.05) is 5.33 Å². The Bertz CT molecular complexity index is 503. The van der Waals surface area contributed by atoms with Crippen LogP contribution >= 0.6 is 15.9 Å². The predicted molar refractivity (Wildman–Crippen MR) is 69.3 cm³/mol. The number of alkyl halides is 1. The molecule has 0 saturated heterocycles. The van der Waals surface area contributed by atoms with E-state index < -0.39 is 0 Å². The lowest BCUT2D eigenvalue weighted by molar-refractivity contribution is 1.25. The summed E-state index contributed by atoms with van der Waals surface area (Å²) in [6.45, 7) is 2.03. The molecule has 0 bridgehead atoms. The highest BCUT2D eigenvalue weighted by Crippen LogP contribution is 2.19. The van der Waals surface area contributed by atoms with Crippen molar-refractivity contribution in [3.05, 3.63) is 47.7 Å². The molecule has 1 nitrogen and oxygen atoms in total. The fourth-order valence-corrected chi connectivity index (χ4v) is 1.84. The number of rotatable bonds is 2. The summed E-state index contributed by atoms with van der Waals surface area (Å²) in [5, 5.41) is 2.09. The molecule has 0 aliphatic rings. The van der Waals surface area contributed by atoms with Gasteiger partial charge in [0.1, 0.15) is 0 Å². The summed E-state index contributed by atoms with van der Waals surface area (Å²) in [6, 6.07) is 10.3. The van der Waals surface area contributed by atoms with E-state index in [0.717, 1.165) is 16.5 Å². The fourth-order valence-electron chi connectivity index (χ4n) is 1.65. The van der Waals surface area contributed by atoms with E-state index in [1.807, 2.05) is 25.1 Å². The van der Waals surface area contributed by atoms with E-state index in [2.05, 4.69) is 45.2 Å². The van der Waals surface area contributed by atoms with Crippen LogP contribution in [0.15, 0.2) is 36.4 Å². The van der Waals surface area contributed by atoms with Crippen molar-refractivity contribution >= 4 is 32.9 Å². The van der Waals surface area contributed by atoms with Gasteiger partial charge in [-0.05, 0) is 24.6 Å². The Morgan fingerprint density at radius 3 is 2.93 bits per heavy atom. The molecule has 0 aliphatic heterocycles. The van der Waals surface area contributed by atoms with E-state index in [0.29, 0.717) is 0 Å². The number of aryl methyl sites for hydroxylation is 1. The topological polar surface area (TPSA) is 12.9 Å². The molecule has 1 heterocycles. The molecular weight excluding hydrogens is 250 g/mol. The van der Waals surface area contributed by atoms with Gasteiger partial charge in [0.15, 0.2) is 0 Å². The minimum absolute atomic E-state index is 0.878. The first kappa shape index (κ1) is 10.4. The number of para-hydroxylation sites is 1. The summed E-state index contributed by atoms with van der Waals surface area (Å²) in [7, 11) is 0. The molecule has 76 valence electrons. The Morgan fingerprint density at radius 2 is 2.13 bits per heavy atom. The van der Waals surface area contributed by atoms with Crippen LogP contribution < -0.4 is 0 Å². The molecule has 1 aromatic carbocycles. The Labute approximate surface area is 98.0 Å². The molecule has 0 unspecified atom stereocenters. The second kappa shape index (κ2) is 4.58. The van der Waals surface area contributed by atoms with Crippen LogP contribution in [0.3, 0.4) is 0 Å². The second-order valence-corrected chi connectivity index (χ2v) is 4.07. The largest absolute Gasteiger partial charge is 0.253 e. The standard InChI is InChI=1S/C13H12BrN/c1-10-9-11(5-4-8-14)12-6-2-3-7-13(12)15-10/h2-7,9H,8H2,1H3. The highest BCUT2D eigenvalue weighted by molar-refractivity contribution is 9.09. The summed E-state index contributed by atoms with van der Waals surface area (Å²) >= 11 is 3.39. The Morgan fingerprint density at radius 1 is 1.33 bits per heavy atom. The number of aromatic nitrogens is 1. The maximum Gasteiger partial charge on any atom is 0.0711 e. The zero-order chi connectivity index (χ0) is 10.7. The molecule has 2 aromatic rings. The zero-order valence-electron chi connectivity index (χ0n) is 8.57. The van der Waals surface area contributed by atoms with Gasteiger partial charge in [-0.15, -0.1) is 0 Å². The molecule has 15 heavy (non-hydrogen) atoms. The van der Waals surface area contributed by atoms with Crippen molar-refractivity contribution in [1.82, 2.24) is 4.98 Å². The lowest BCUT2D eigenvalue weighted by Gasteiger charge is -2.03. The van der Waals surface area contributed by atoms with Crippen LogP contribution in [0.25, 0.3) is 17.0 Å². The van der Waals surface area contributed by atoms with Crippen LogP contribution in [-0.2, 0) is 0 Å². The zero-order valence-corrected chi connectivity index (χ0v) is 10.2. The van der Waals surface area contributed by atoms with Gasteiger partial charge in [-0.1, -0.05) is 46.3 Å². The maximum absolute atomic E-state index is 4.50. The van der Waals surface area contributed by atoms with Crippen molar-refractivity contribution in [3.63, 3.8) is 0 Å².